The minimum atomic E-state index is -2.92. The van der Waals surface area contributed by atoms with Gasteiger partial charge in [-0.3, -0.25) is 4.79 Å². The van der Waals surface area contributed by atoms with Crippen LogP contribution in [0.3, 0.4) is 0 Å². The van der Waals surface area contributed by atoms with Gasteiger partial charge in [0.05, 0.1) is 5.69 Å². The van der Waals surface area contributed by atoms with Crippen molar-refractivity contribution in [2.45, 2.75) is 31.9 Å². The summed E-state index contributed by atoms with van der Waals surface area (Å²) >= 11 is 0. The lowest BCUT2D eigenvalue weighted by molar-refractivity contribution is -0.116. The molecule has 1 amide bonds. The molecule has 0 saturated heterocycles. The fourth-order valence-corrected chi connectivity index (χ4v) is 1.88. The predicted octanol–water partition coefficient (Wildman–Crippen LogP) is 2.35. The summed E-state index contributed by atoms with van der Waals surface area (Å²) in [6, 6.07) is 5.92. The Morgan fingerprint density at radius 3 is 2.74 bits per heavy atom. The summed E-state index contributed by atoms with van der Waals surface area (Å²) in [4.78, 5) is 11.8. The largest absolute Gasteiger partial charge is 0.433 e. The first-order chi connectivity index (χ1) is 9.06. The standard InChI is InChI=1S/C13H16F2N2O2/c14-13(15)19-11-4-2-1-3-10(11)17-12(18)7-9(16)8-5-6-8/h1-4,8-9,13H,5-7,16H2,(H,17,18). The third-order valence-corrected chi connectivity index (χ3v) is 3.03. The number of nitrogens with two attached hydrogens (primary N) is 1. The van der Waals surface area contributed by atoms with Gasteiger partial charge in [0.2, 0.25) is 5.91 Å². The normalized spacial score (nSPS) is 16.2. The van der Waals surface area contributed by atoms with Gasteiger partial charge in [0.1, 0.15) is 5.75 Å². The zero-order valence-corrected chi connectivity index (χ0v) is 10.3. The second-order valence-corrected chi connectivity index (χ2v) is 4.63. The van der Waals surface area contributed by atoms with Crippen molar-refractivity contribution < 1.29 is 18.3 Å². The number of ether oxygens (including phenoxy) is 1. The Bertz CT molecular complexity index is 450. The molecule has 104 valence electrons. The van der Waals surface area contributed by atoms with Gasteiger partial charge in [-0.2, -0.15) is 8.78 Å². The molecule has 19 heavy (non-hydrogen) atoms. The summed E-state index contributed by atoms with van der Waals surface area (Å²) in [5, 5.41) is 2.55. The van der Waals surface area contributed by atoms with Crippen LogP contribution >= 0.6 is 0 Å². The van der Waals surface area contributed by atoms with Crippen LogP contribution in [-0.4, -0.2) is 18.6 Å². The molecule has 1 unspecified atom stereocenters. The van der Waals surface area contributed by atoms with Crippen LogP contribution in [0.15, 0.2) is 24.3 Å². The van der Waals surface area contributed by atoms with E-state index in [1.54, 1.807) is 12.1 Å². The molecule has 4 nitrogen and oxygen atoms in total. The highest BCUT2D eigenvalue weighted by Crippen LogP contribution is 2.33. The first kappa shape index (κ1) is 13.7. The fraction of sp³-hybridized carbons (Fsp3) is 0.462. The molecule has 1 aliphatic rings. The summed E-state index contributed by atoms with van der Waals surface area (Å²) in [5.74, 6) is 0.0777. The van der Waals surface area contributed by atoms with Gasteiger partial charge in [0.15, 0.2) is 0 Å². The van der Waals surface area contributed by atoms with Crippen LogP contribution in [0.2, 0.25) is 0 Å². The molecule has 1 aromatic carbocycles. The fourth-order valence-electron chi connectivity index (χ4n) is 1.88. The highest BCUT2D eigenvalue weighted by molar-refractivity contribution is 5.92. The number of nitrogens with one attached hydrogen (secondary N) is 1. The van der Waals surface area contributed by atoms with Crippen molar-refractivity contribution in [1.29, 1.82) is 0 Å². The van der Waals surface area contributed by atoms with Crippen molar-refractivity contribution in [1.82, 2.24) is 0 Å². The molecule has 2 rings (SSSR count). The Hall–Kier alpha value is -1.69. The lowest BCUT2D eigenvalue weighted by Crippen LogP contribution is -2.29. The second kappa shape index (κ2) is 5.97. The molecule has 0 aliphatic heterocycles. The van der Waals surface area contributed by atoms with Crippen molar-refractivity contribution in [2.75, 3.05) is 5.32 Å². The molecule has 1 fully saturated rings. The number of alkyl halides is 2. The third kappa shape index (κ3) is 4.17. The molecule has 0 heterocycles. The number of carbonyl (C=O) groups excluding carboxylic acids is 1. The molecule has 0 radical (unpaired) electrons. The SMILES string of the molecule is NC(CC(=O)Nc1ccccc1OC(F)F)C1CC1. The quantitative estimate of drug-likeness (QED) is 0.834. The number of hydrogen-bond donors (Lipinski definition) is 2. The van der Waals surface area contributed by atoms with E-state index in [0.29, 0.717) is 5.92 Å². The number of anilines is 1. The smallest absolute Gasteiger partial charge is 0.387 e. The molecule has 0 aromatic heterocycles. The summed E-state index contributed by atoms with van der Waals surface area (Å²) in [5.41, 5.74) is 6.07. The summed E-state index contributed by atoms with van der Waals surface area (Å²) < 4.78 is 28.7. The van der Waals surface area contributed by atoms with Crippen LogP contribution in [0, 0.1) is 5.92 Å². The molecule has 0 spiro atoms. The van der Waals surface area contributed by atoms with E-state index >= 15 is 0 Å². The molecule has 1 saturated carbocycles. The Morgan fingerprint density at radius 1 is 1.42 bits per heavy atom. The Balaban J connectivity index is 1.95. The zero-order valence-electron chi connectivity index (χ0n) is 10.3. The summed E-state index contributed by atoms with van der Waals surface area (Å²) in [7, 11) is 0. The number of hydrogen-bond acceptors (Lipinski definition) is 3. The van der Waals surface area contributed by atoms with Gasteiger partial charge in [-0.15, -0.1) is 0 Å². The van der Waals surface area contributed by atoms with Crippen molar-refractivity contribution in [3.05, 3.63) is 24.3 Å². The van der Waals surface area contributed by atoms with E-state index in [1.807, 2.05) is 0 Å². The van der Waals surface area contributed by atoms with Crippen LogP contribution in [-0.2, 0) is 4.79 Å². The van der Waals surface area contributed by atoms with E-state index in [9.17, 15) is 13.6 Å². The first-order valence-corrected chi connectivity index (χ1v) is 6.15. The van der Waals surface area contributed by atoms with Gasteiger partial charge in [0.25, 0.3) is 0 Å². The van der Waals surface area contributed by atoms with Crippen LogP contribution in [0.5, 0.6) is 5.75 Å². The second-order valence-electron chi connectivity index (χ2n) is 4.63. The maximum Gasteiger partial charge on any atom is 0.387 e. The highest BCUT2D eigenvalue weighted by Gasteiger charge is 2.29. The Morgan fingerprint density at radius 2 is 2.11 bits per heavy atom. The number of amides is 1. The molecule has 3 N–H and O–H groups in total. The van der Waals surface area contributed by atoms with Gasteiger partial charge in [-0.1, -0.05) is 12.1 Å². The average molecular weight is 270 g/mol. The first-order valence-electron chi connectivity index (χ1n) is 6.15. The average Bonchev–Trinajstić information content (AvgIpc) is 3.14. The van der Waals surface area contributed by atoms with Crippen LogP contribution in [0.4, 0.5) is 14.5 Å². The molecule has 1 aromatic rings. The van der Waals surface area contributed by atoms with Crippen LogP contribution in [0.25, 0.3) is 0 Å². The van der Waals surface area contributed by atoms with Crippen LogP contribution in [0.1, 0.15) is 19.3 Å². The van der Waals surface area contributed by atoms with Crippen LogP contribution < -0.4 is 15.8 Å². The molecular weight excluding hydrogens is 254 g/mol. The molecule has 0 bridgehead atoms. The maximum atomic E-state index is 12.2. The van der Waals surface area contributed by atoms with E-state index in [0.717, 1.165) is 12.8 Å². The number of halogens is 2. The minimum Gasteiger partial charge on any atom is -0.433 e. The van der Waals surface area contributed by atoms with Gasteiger partial charge < -0.3 is 15.8 Å². The van der Waals surface area contributed by atoms with E-state index in [4.69, 9.17) is 5.73 Å². The van der Waals surface area contributed by atoms with Gasteiger partial charge >= 0.3 is 6.61 Å². The van der Waals surface area contributed by atoms with Crippen molar-refractivity contribution in [3.8, 4) is 5.75 Å². The lowest BCUT2D eigenvalue weighted by atomic mass is 10.1. The maximum absolute atomic E-state index is 12.2. The monoisotopic (exact) mass is 270 g/mol. The number of rotatable bonds is 6. The molecular formula is C13H16F2N2O2. The Kier molecular flexibility index (Phi) is 4.31. The third-order valence-electron chi connectivity index (χ3n) is 3.03. The van der Waals surface area contributed by atoms with E-state index in [-0.39, 0.29) is 29.8 Å². The summed E-state index contributed by atoms with van der Waals surface area (Å²) in [6.45, 7) is -2.92. The molecule has 1 aliphatic carbocycles. The molecule has 6 heteroatoms. The number of benzene rings is 1. The number of carbonyl (C=O) groups is 1. The minimum absolute atomic E-state index is 0.0501. The van der Waals surface area contributed by atoms with Crippen molar-refractivity contribution in [3.63, 3.8) is 0 Å². The predicted molar refractivity (Wildman–Crippen MR) is 67.0 cm³/mol. The van der Waals surface area contributed by atoms with Gasteiger partial charge in [-0.25, -0.2) is 0 Å². The van der Waals surface area contributed by atoms with E-state index in [2.05, 4.69) is 10.1 Å². The van der Waals surface area contributed by atoms with Crippen molar-refractivity contribution in [2.24, 2.45) is 11.7 Å². The van der Waals surface area contributed by atoms with Gasteiger partial charge in [0, 0.05) is 12.5 Å². The lowest BCUT2D eigenvalue weighted by Gasteiger charge is -2.13. The number of para-hydroxylation sites is 2. The van der Waals surface area contributed by atoms with E-state index in [1.165, 1.54) is 12.1 Å². The van der Waals surface area contributed by atoms with Crippen molar-refractivity contribution >= 4 is 11.6 Å². The van der Waals surface area contributed by atoms with E-state index < -0.39 is 6.61 Å². The van der Waals surface area contributed by atoms with Gasteiger partial charge in [-0.05, 0) is 30.9 Å². The zero-order chi connectivity index (χ0) is 13.8. The Labute approximate surface area is 109 Å². The highest BCUT2D eigenvalue weighted by atomic mass is 19.3. The molecule has 1 atom stereocenters. The summed E-state index contributed by atoms with van der Waals surface area (Å²) in [6.07, 6.45) is 2.30. The topological polar surface area (TPSA) is 64.4 Å².